The average molecular weight is 893 g/mol. The number of thioether (sulfide) groups is 4. The standard InChI is InChI=1S/C52H61N3S4.ClH/c1-33(2)27-49-45(51(39-15-11-35(5)12-16-39)47(37(7)54-49)31-58-43-23-19-41(56-9)20-24-43)29-53-30-46-50(28-34(3)4)55-38(8)48(52(46)40-17-13-36(6)14-18-40)32-59-44-25-21-42(57-10)22-26-44;/h11-26,33-34,53H,27-32H2,1-10H3;1H. The Bertz CT molecular complexity index is 2140. The van der Waals surface area contributed by atoms with Gasteiger partial charge < -0.3 is 5.32 Å². The molecule has 2 aromatic heterocycles. The first kappa shape index (κ1) is 47.9. The van der Waals surface area contributed by atoms with Gasteiger partial charge in [-0.05, 0) is 158 Å². The number of benzene rings is 4. The molecule has 6 aromatic rings. The fourth-order valence-corrected chi connectivity index (χ4v) is 10.4. The van der Waals surface area contributed by atoms with Gasteiger partial charge in [-0.3, -0.25) is 9.97 Å². The molecule has 0 aliphatic heterocycles. The molecule has 0 aliphatic rings. The van der Waals surface area contributed by atoms with Crippen molar-refractivity contribution in [2.45, 2.75) is 112 Å². The third kappa shape index (κ3) is 12.5. The Kier molecular flexibility index (Phi) is 18.2. The Morgan fingerprint density at radius 2 is 0.800 bits per heavy atom. The first-order valence-electron chi connectivity index (χ1n) is 20.8. The van der Waals surface area contributed by atoms with E-state index in [4.69, 9.17) is 9.97 Å². The SMILES string of the molecule is CSc1ccc(SCc2c(C)nc(CC(C)C)c(CNCc3c(CC(C)C)nc(C)c(CSc4ccc(SC)cc4)c3-c3ccc(C)cc3)c2-c2ccc(C)cc2)cc1.Cl. The molecule has 0 saturated heterocycles. The van der Waals surface area contributed by atoms with Crippen LogP contribution >= 0.6 is 59.5 Å². The average Bonchev–Trinajstić information content (AvgIpc) is 3.22. The number of nitrogens with zero attached hydrogens (tertiary/aromatic N) is 2. The molecule has 2 heterocycles. The van der Waals surface area contributed by atoms with Crippen molar-refractivity contribution < 1.29 is 0 Å². The molecule has 0 saturated carbocycles. The quantitative estimate of drug-likeness (QED) is 0.0862. The fourth-order valence-electron chi connectivity index (χ4n) is 7.64. The molecule has 0 aliphatic carbocycles. The number of halogens is 1. The second-order valence-electron chi connectivity index (χ2n) is 16.4. The molecule has 8 heteroatoms. The molecule has 60 heavy (non-hydrogen) atoms. The Hall–Kier alpha value is -3.17. The maximum atomic E-state index is 5.43. The van der Waals surface area contributed by atoms with Gasteiger partial charge >= 0.3 is 0 Å². The lowest BCUT2D eigenvalue weighted by Gasteiger charge is -2.24. The highest BCUT2D eigenvalue weighted by Gasteiger charge is 2.23. The molecular formula is C52H62ClN3S4. The zero-order valence-corrected chi connectivity index (χ0v) is 41.2. The second kappa shape index (κ2) is 22.8. The van der Waals surface area contributed by atoms with Gasteiger partial charge in [-0.2, -0.15) is 0 Å². The van der Waals surface area contributed by atoms with E-state index in [-0.39, 0.29) is 12.4 Å². The minimum Gasteiger partial charge on any atom is -0.308 e. The van der Waals surface area contributed by atoms with Crippen LogP contribution in [0.15, 0.2) is 117 Å². The highest BCUT2D eigenvalue weighted by atomic mass is 35.5. The van der Waals surface area contributed by atoms with Crippen molar-refractivity contribution in [3.05, 3.63) is 153 Å². The van der Waals surface area contributed by atoms with Crippen molar-refractivity contribution in [2.24, 2.45) is 11.8 Å². The van der Waals surface area contributed by atoms with Gasteiger partial charge in [-0.15, -0.1) is 59.5 Å². The molecule has 0 amide bonds. The Morgan fingerprint density at radius 1 is 0.467 bits per heavy atom. The van der Waals surface area contributed by atoms with Crippen molar-refractivity contribution in [1.82, 2.24) is 15.3 Å². The van der Waals surface area contributed by atoms with E-state index in [9.17, 15) is 0 Å². The summed E-state index contributed by atoms with van der Waals surface area (Å²) in [7, 11) is 0. The van der Waals surface area contributed by atoms with Crippen molar-refractivity contribution >= 4 is 59.5 Å². The first-order valence-corrected chi connectivity index (χ1v) is 25.3. The van der Waals surface area contributed by atoms with Gasteiger partial charge in [0.2, 0.25) is 0 Å². The third-order valence-electron chi connectivity index (χ3n) is 10.8. The predicted octanol–water partition coefficient (Wildman–Crippen LogP) is 15.2. The number of hydrogen-bond acceptors (Lipinski definition) is 7. The topological polar surface area (TPSA) is 37.8 Å². The number of pyridine rings is 2. The van der Waals surface area contributed by atoms with Gasteiger partial charge in [-0.1, -0.05) is 87.4 Å². The van der Waals surface area contributed by atoms with E-state index < -0.39 is 0 Å². The summed E-state index contributed by atoms with van der Waals surface area (Å²) in [6.07, 6.45) is 6.12. The van der Waals surface area contributed by atoms with Gasteiger partial charge in [0.15, 0.2) is 0 Å². The summed E-state index contributed by atoms with van der Waals surface area (Å²) < 4.78 is 0. The summed E-state index contributed by atoms with van der Waals surface area (Å²) in [6.45, 7) is 19.4. The van der Waals surface area contributed by atoms with Crippen LogP contribution in [0.3, 0.4) is 0 Å². The van der Waals surface area contributed by atoms with E-state index >= 15 is 0 Å². The molecule has 3 nitrogen and oxygen atoms in total. The van der Waals surface area contributed by atoms with Crippen molar-refractivity contribution in [3.8, 4) is 22.3 Å². The van der Waals surface area contributed by atoms with Crippen LogP contribution in [0, 0.1) is 39.5 Å². The number of aryl methyl sites for hydroxylation is 4. The van der Waals surface area contributed by atoms with Crippen LogP contribution in [0.5, 0.6) is 0 Å². The second-order valence-corrected chi connectivity index (χ2v) is 20.3. The molecule has 0 radical (unpaired) electrons. The van der Waals surface area contributed by atoms with E-state index in [0.29, 0.717) is 24.9 Å². The van der Waals surface area contributed by atoms with Crippen LogP contribution < -0.4 is 5.32 Å². The summed E-state index contributed by atoms with van der Waals surface area (Å²) in [5.74, 6) is 2.67. The smallest absolute Gasteiger partial charge is 0.0460 e. The molecule has 0 bridgehead atoms. The minimum absolute atomic E-state index is 0. The maximum Gasteiger partial charge on any atom is 0.0460 e. The molecule has 0 spiro atoms. The maximum absolute atomic E-state index is 5.43. The summed E-state index contributed by atoms with van der Waals surface area (Å²) in [5, 5.41) is 4.06. The molecule has 6 rings (SSSR count). The molecular weight excluding hydrogens is 830 g/mol. The molecule has 0 atom stereocenters. The van der Waals surface area contributed by atoms with Crippen LogP contribution in [-0.2, 0) is 37.4 Å². The van der Waals surface area contributed by atoms with Crippen molar-refractivity contribution in [1.29, 1.82) is 0 Å². The van der Waals surface area contributed by atoms with E-state index in [1.54, 1.807) is 23.5 Å². The molecule has 1 N–H and O–H groups in total. The summed E-state index contributed by atoms with van der Waals surface area (Å²) in [4.78, 5) is 16.0. The van der Waals surface area contributed by atoms with Crippen molar-refractivity contribution in [2.75, 3.05) is 12.5 Å². The van der Waals surface area contributed by atoms with Gasteiger partial charge in [0, 0.05) is 67.0 Å². The fraction of sp³-hybridized carbons (Fsp3) is 0.346. The Morgan fingerprint density at radius 3 is 1.12 bits per heavy atom. The number of rotatable bonds is 18. The molecule has 0 fully saturated rings. The van der Waals surface area contributed by atoms with E-state index in [1.807, 2.05) is 23.5 Å². The van der Waals surface area contributed by atoms with Crippen LogP contribution in [-0.4, -0.2) is 22.5 Å². The number of aromatic nitrogens is 2. The largest absolute Gasteiger partial charge is 0.308 e. The minimum atomic E-state index is 0. The number of nitrogens with one attached hydrogen (secondary N) is 1. The first-order chi connectivity index (χ1) is 28.4. The monoisotopic (exact) mass is 891 g/mol. The molecule has 0 unspecified atom stereocenters. The molecule has 316 valence electrons. The normalized spacial score (nSPS) is 11.4. The van der Waals surface area contributed by atoms with Crippen LogP contribution in [0.1, 0.15) is 83.9 Å². The third-order valence-corrected chi connectivity index (χ3v) is 14.3. The van der Waals surface area contributed by atoms with E-state index in [1.165, 1.54) is 86.6 Å². The van der Waals surface area contributed by atoms with Gasteiger partial charge in [0.1, 0.15) is 0 Å². The van der Waals surface area contributed by atoms with Gasteiger partial charge in [0.25, 0.3) is 0 Å². The summed E-state index contributed by atoms with van der Waals surface area (Å²) in [5.41, 5.74) is 17.7. The highest BCUT2D eigenvalue weighted by Crippen LogP contribution is 2.39. The Labute approximate surface area is 384 Å². The lowest BCUT2D eigenvalue weighted by molar-refractivity contribution is 0.605. The van der Waals surface area contributed by atoms with Gasteiger partial charge in [-0.25, -0.2) is 0 Å². The molecule has 4 aromatic carbocycles. The zero-order valence-electron chi connectivity index (χ0n) is 37.1. The summed E-state index contributed by atoms with van der Waals surface area (Å²) >= 11 is 7.38. The van der Waals surface area contributed by atoms with Crippen LogP contribution in [0.25, 0.3) is 22.3 Å². The summed E-state index contributed by atoms with van der Waals surface area (Å²) in [6, 6.07) is 36.2. The predicted molar refractivity (Wildman–Crippen MR) is 269 cm³/mol. The van der Waals surface area contributed by atoms with Crippen LogP contribution in [0.2, 0.25) is 0 Å². The van der Waals surface area contributed by atoms with E-state index in [2.05, 4.69) is 170 Å². The highest BCUT2D eigenvalue weighted by molar-refractivity contribution is 7.99. The lowest BCUT2D eigenvalue weighted by atomic mass is 9.89. The lowest BCUT2D eigenvalue weighted by Crippen LogP contribution is -2.21. The van der Waals surface area contributed by atoms with Crippen molar-refractivity contribution in [3.63, 3.8) is 0 Å². The Balaban J connectivity index is 0.00000683. The zero-order chi connectivity index (χ0) is 42.1. The van der Waals surface area contributed by atoms with E-state index in [0.717, 1.165) is 35.7 Å². The number of hydrogen-bond donors (Lipinski definition) is 1. The van der Waals surface area contributed by atoms with Crippen LogP contribution in [0.4, 0.5) is 0 Å². The van der Waals surface area contributed by atoms with Gasteiger partial charge in [0.05, 0.1) is 0 Å².